The predicted octanol–water partition coefficient (Wildman–Crippen LogP) is 3.67. The molecular formula is C23H16O6. The molecule has 0 heterocycles. The lowest BCUT2D eigenvalue weighted by Crippen LogP contribution is -2.19. The van der Waals surface area contributed by atoms with E-state index in [4.69, 9.17) is 9.47 Å². The highest BCUT2D eigenvalue weighted by Gasteiger charge is 2.30. The number of ether oxygens (including phenoxy) is 2. The van der Waals surface area contributed by atoms with Crippen LogP contribution in [0.2, 0.25) is 0 Å². The summed E-state index contributed by atoms with van der Waals surface area (Å²) in [7, 11) is 0. The van der Waals surface area contributed by atoms with Gasteiger partial charge in [0.05, 0.1) is 11.1 Å². The number of phenolic OH excluding ortho intramolecular Hbond substituents is 1. The van der Waals surface area contributed by atoms with Crippen molar-refractivity contribution < 1.29 is 29.0 Å². The molecule has 0 bridgehead atoms. The van der Waals surface area contributed by atoms with E-state index in [0.29, 0.717) is 17.5 Å². The molecule has 0 amide bonds. The molecule has 6 heteroatoms. The lowest BCUT2D eigenvalue weighted by Gasteiger charge is -2.21. The zero-order chi connectivity index (χ0) is 20.5. The number of carbonyl (C=O) groups excluding carboxylic acids is 3. The second kappa shape index (κ2) is 7.24. The third kappa shape index (κ3) is 3.36. The Morgan fingerprint density at radius 2 is 1.48 bits per heavy atom. The van der Waals surface area contributed by atoms with Crippen LogP contribution in [0.5, 0.6) is 17.2 Å². The van der Waals surface area contributed by atoms with Gasteiger partial charge in [-0.3, -0.25) is 9.59 Å². The number of aromatic hydroxyl groups is 1. The van der Waals surface area contributed by atoms with Crippen LogP contribution in [-0.2, 0) is 11.2 Å². The smallest absolute Gasteiger partial charge is 0.347 e. The minimum atomic E-state index is -0.758. The van der Waals surface area contributed by atoms with E-state index in [-0.39, 0.29) is 33.9 Å². The average Bonchev–Trinajstić information content (AvgIpc) is 2.68. The lowest BCUT2D eigenvalue weighted by molar-refractivity contribution is -0.131. The molecule has 144 valence electrons. The van der Waals surface area contributed by atoms with Gasteiger partial charge in [-0.15, -0.1) is 0 Å². The molecule has 3 aromatic rings. The Kier molecular flexibility index (Phi) is 4.60. The second-order valence-electron chi connectivity index (χ2n) is 6.59. The van der Waals surface area contributed by atoms with E-state index < -0.39 is 17.7 Å². The standard InChI is InChI=1S/C23H16O6/c1-13(24)28-18-10-3-2-8-16(18)23(27)29-19-11-5-7-15-12-14-6-4-9-17(25)20(14)22(26)21(15)19/h2-11,25H,12H2,1H3. The Morgan fingerprint density at radius 1 is 0.828 bits per heavy atom. The van der Waals surface area contributed by atoms with E-state index in [1.165, 1.54) is 31.2 Å². The van der Waals surface area contributed by atoms with Crippen LogP contribution in [-0.4, -0.2) is 22.8 Å². The first-order valence-corrected chi connectivity index (χ1v) is 8.92. The third-order valence-corrected chi connectivity index (χ3v) is 4.64. The Balaban J connectivity index is 1.71. The van der Waals surface area contributed by atoms with Crippen molar-refractivity contribution in [3.8, 4) is 17.2 Å². The van der Waals surface area contributed by atoms with E-state index in [2.05, 4.69) is 0 Å². The summed E-state index contributed by atoms with van der Waals surface area (Å²) in [6.07, 6.45) is 0.431. The molecule has 3 aromatic carbocycles. The fourth-order valence-electron chi connectivity index (χ4n) is 3.43. The molecule has 4 rings (SSSR count). The van der Waals surface area contributed by atoms with Crippen molar-refractivity contribution >= 4 is 17.7 Å². The van der Waals surface area contributed by atoms with Crippen molar-refractivity contribution in [2.45, 2.75) is 13.3 Å². The first-order valence-electron chi connectivity index (χ1n) is 8.92. The molecule has 29 heavy (non-hydrogen) atoms. The van der Waals surface area contributed by atoms with Gasteiger partial charge in [-0.25, -0.2) is 4.79 Å². The van der Waals surface area contributed by atoms with Crippen LogP contribution in [0.25, 0.3) is 0 Å². The summed E-state index contributed by atoms with van der Waals surface area (Å²) in [5.41, 5.74) is 1.92. The SMILES string of the molecule is CC(=O)Oc1ccccc1C(=O)Oc1cccc2c1C(=O)c1c(O)cccc1C2. The van der Waals surface area contributed by atoms with Crippen LogP contribution in [0, 0.1) is 0 Å². The van der Waals surface area contributed by atoms with Gasteiger partial charge in [-0.1, -0.05) is 36.4 Å². The molecule has 1 aliphatic rings. The van der Waals surface area contributed by atoms with Gasteiger partial charge in [0.1, 0.15) is 22.8 Å². The Hall–Kier alpha value is -3.93. The molecule has 0 atom stereocenters. The molecule has 0 unspecified atom stereocenters. The first kappa shape index (κ1) is 18.4. The van der Waals surface area contributed by atoms with E-state index in [9.17, 15) is 19.5 Å². The van der Waals surface area contributed by atoms with Crippen molar-refractivity contribution in [1.82, 2.24) is 0 Å². The van der Waals surface area contributed by atoms with Crippen molar-refractivity contribution in [2.75, 3.05) is 0 Å². The van der Waals surface area contributed by atoms with Gasteiger partial charge in [0.2, 0.25) is 5.78 Å². The van der Waals surface area contributed by atoms with Gasteiger partial charge >= 0.3 is 11.9 Å². The van der Waals surface area contributed by atoms with Crippen LogP contribution in [0.3, 0.4) is 0 Å². The van der Waals surface area contributed by atoms with Gasteiger partial charge < -0.3 is 14.6 Å². The highest BCUT2D eigenvalue weighted by atomic mass is 16.5. The molecule has 1 aliphatic carbocycles. The second-order valence-corrected chi connectivity index (χ2v) is 6.59. The van der Waals surface area contributed by atoms with Crippen molar-refractivity contribution in [1.29, 1.82) is 0 Å². The zero-order valence-corrected chi connectivity index (χ0v) is 15.5. The highest BCUT2D eigenvalue weighted by molar-refractivity contribution is 6.16. The summed E-state index contributed by atoms with van der Waals surface area (Å²) in [6, 6.07) is 16.1. The minimum absolute atomic E-state index is 0.0619. The average molecular weight is 388 g/mol. The van der Waals surface area contributed by atoms with Crippen LogP contribution < -0.4 is 9.47 Å². The quantitative estimate of drug-likeness (QED) is 0.425. The van der Waals surface area contributed by atoms with Gasteiger partial charge in [0.15, 0.2) is 0 Å². The Morgan fingerprint density at radius 3 is 2.24 bits per heavy atom. The summed E-state index contributed by atoms with van der Waals surface area (Å²) in [5, 5.41) is 10.1. The van der Waals surface area contributed by atoms with Crippen LogP contribution in [0.15, 0.2) is 60.7 Å². The lowest BCUT2D eigenvalue weighted by atomic mass is 9.84. The number of rotatable bonds is 3. The normalized spacial score (nSPS) is 12.0. The third-order valence-electron chi connectivity index (χ3n) is 4.64. The molecule has 6 nitrogen and oxygen atoms in total. The van der Waals surface area contributed by atoms with Crippen LogP contribution in [0.1, 0.15) is 44.3 Å². The summed E-state index contributed by atoms with van der Waals surface area (Å²) in [4.78, 5) is 37.1. The molecule has 0 saturated heterocycles. The molecule has 1 N–H and O–H groups in total. The van der Waals surface area contributed by atoms with Crippen molar-refractivity contribution in [2.24, 2.45) is 0 Å². The maximum Gasteiger partial charge on any atom is 0.347 e. The van der Waals surface area contributed by atoms with Gasteiger partial charge in [0.25, 0.3) is 0 Å². The van der Waals surface area contributed by atoms with E-state index in [1.807, 2.05) is 0 Å². The van der Waals surface area contributed by atoms with E-state index >= 15 is 0 Å². The number of ketones is 1. The highest BCUT2D eigenvalue weighted by Crippen LogP contribution is 2.37. The number of esters is 2. The van der Waals surface area contributed by atoms with Crippen molar-refractivity contribution in [3.63, 3.8) is 0 Å². The Bertz CT molecular complexity index is 1160. The fraction of sp³-hybridized carbons (Fsp3) is 0.0870. The maximum absolute atomic E-state index is 13.1. The molecule has 0 aromatic heterocycles. The van der Waals surface area contributed by atoms with E-state index in [0.717, 1.165) is 0 Å². The van der Waals surface area contributed by atoms with E-state index in [1.54, 1.807) is 36.4 Å². The summed E-state index contributed by atoms with van der Waals surface area (Å²) >= 11 is 0. The maximum atomic E-state index is 13.1. The number of phenols is 1. The number of hydrogen-bond acceptors (Lipinski definition) is 6. The number of para-hydroxylation sites is 1. The first-order chi connectivity index (χ1) is 14.0. The van der Waals surface area contributed by atoms with Crippen LogP contribution in [0.4, 0.5) is 0 Å². The topological polar surface area (TPSA) is 89.9 Å². The Labute approximate surface area is 166 Å². The summed E-state index contributed by atoms with van der Waals surface area (Å²) in [6.45, 7) is 1.23. The largest absolute Gasteiger partial charge is 0.507 e. The molecule has 0 saturated carbocycles. The predicted molar refractivity (Wildman–Crippen MR) is 103 cm³/mol. The molecule has 0 radical (unpaired) electrons. The molecular weight excluding hydrogens is 372 g/mol. The summed E-state index contributed by atoms with van der Waals surface area (Å²) < 4.78 is 10.6. The fourth-order valence-corrected chi connectivity index (χ4v) is 3.43. The monoisotopic (exact) mass is 388 g/mol. The van der Waals surface area contributed by atoms with Gasteiger partial charge in [0, 0.05) is 6.92 Å². The van der Waals surface area contributed by atoms with Gasteiger partial charge in [-0.05, 0) is 41.8 Å². The molecule has 0 aliphatic heterocycles. The number of fused-ring (bicyclic) bond motifs is 2. The zero-order valence-electron chi connectivity index (χ0n) is 15.5. The molecule has 0 spiro atoms. The van der Waals surface area contributed by atoms with Crippen LogP contribution >= 0.6 is 0 Å². The van der Waals surface area contributed by atoms with Crippen molar-refractivity contribution in [3.05, 3.63) is 88.5 Å². The number of hydrogen-bond donors (Lipinski definition) is 1. The number of benzene rings is 3. The van der Waals surface area contributed by atoms with Gasteiger partial charge in [-0.2, -0.15) is 0 Å². The molecule has 0 fully saturated rings. The minimum Gasteiger partial charge on any atom is -0.507 e. The summed E-state index contributed by atoms with van der Waals surface area (Å²) in [5.74, 6) is -1.68. The number of carbonyl (C=O) groups is 3.